The zero-order chi connectivity index (χ0) is 24.3. The molecule has 178 valence electrons. The van der Waals surface area contributed by atoms with Crippen LogP contribution in [-0.4, -0.2) is 68.2 Å². The smallest absolute Gasteiger partial charge is 0.269 e. The first-order chi connectivity index (χ1) is 16.3. The van der Waals surface area contributed by atoms with E-state index in [1.54, 1.807) is 20.3 Å². The Bertz CT molecular complexity index is 1270. The number of nitro groups is 1. The van der Waals surface area contributed by atoms with Gasteiger partial charge in [0.15, 0.2) is 17.3 Å². The minimum atomic E-state index is -3.74. The maximum absolute atomic E-state index is 12.9. The molecule has 0 saturated carbocycles. The van der Waals surface area contributed by atoms with Gasteiger partial charge in [0, 0.05) is 43.9 Å². The third kappa shape index (κ3) is 4.63. The molecule has 12 heteroatoms. The van der Waals surface area contributed by atoms with Crippen molar-refractivity contribution in [2.24, 2.45) is 0 Å². The molecule has 0 amide bonds. The monoisotopic (exact) mass is 485 g/mol. The molecule has 0 unspecified atom stereocenters. The fraction of sp³-hybridized carbons (Fsp3) is 0.273. The van der Waals surface area contributed by atoms with E-state index in [9.17, 15) is 18.5 Å². The fourth-order valence-electron chi connectivity index (χ4n) is 3.69. The lowest BCUT2D eigenvalue weighted by molar-refractivity contribution is -0.384. The number of benzene rings is 2. The highest BCUT2D eigenvalue weighted by Gasteiger charge is 2.29. The zero-order valence-corrected chi connectivity index (χ0v) is 19.4. The van der Waals surface area contributed by atoms with Crippen molar-refractivity contribution in [1.29, 1.82) is 0 Å². The highest BCUT2D eigenvalue weighted by molar-refractivity contribution is 7.89. The van der Waals surface area contributed by atoms with Gasteiger partial charge in [-0.05, 0) is 42.5 Å². The number of anilines is 1. The fourth-order valence-corrected chi connectivity index (χ4v) is 5.11. The van der Waals surface area contributed by atoms with E-state index in [0.29, 0.717) is 36.1 Å². The number of nitrogens with zero attached hydrogens (tertiary/aromatic N) is 5. The van der Waals surface area contributed by atoms with Gasteiger partial charge in [0.1, 0.15) is 0 Å². The Kier molecular flexibility index (Phi) is 6.61. The van der Waals surface area contributed by atoms with Gasteiger partial charge in [0.2, 0.25) is 10.0 Å². The second-order valence-corrected chi connectivity index (χ2v) is 9.43. The minimum absolute atomic E-state index is 0.0330. The Balaban J connectivity index is 1.43. The molecule has 1 aliphatic rings. The van der Waals surface area contributed by atoms with E-state index in [1.807, 2.05) is 29.2 Å². The lowest BCUT2D eigenvalue weighted by atomic mass is 10.1. The molecule has 0 atom stereocenters. The second kappa shape index (κ2) is 9.61. The van der Waals surface area contributed by atoms with Crippen LogP contribution in [0.3, 0.4) is 0 Å². The molecule has 2 heterocycles. The molecular weight excluding hydrogens is 462 g/mol. The van der Waals surface area contributed by atoms with Gasteiger partial charge in [0.05, 0.1) is 29.7 Å². The van der Waals surface area contributed by atoms with Crippen molar-refractivity contribution < 1.29 is 22.8 Å². The summed E-state index contributed by atoms with van der Waals surface area (Å²) in [5.41, 5.74) is 1.35. The van der Waals surface area contributed by atoms with E-state index in [-0.39, 0.29) is 23.7 Å². The van der Waals surface area contributed by atoms with E-state index in [1.165, 1.54) is 28.6 Å². The molecule has 0 spiro atoms. The van der Waals surface area contributed by atoms with Crippen LogP contribution in [0.2, 0.25) is 0 Å². The number of ether oxygens (including phenoxy) is 2. The predicted octanol–water partition coefficient (Wildman–Crippen LogP) is 2.58. The van der Waals surface area contributed by atoms with E-state index in [4.69, 9.17) is 9.47 Å². The van der Waals surface area contributed by atoms with Gasteiger partial charge in [-0.2, -0.15) is 4.31 Å². The maximum Gasteiger partial charge on any atom is 0.269 e. The van der Waals surface area contributed by atoms with Gasteiger partial charge in [-0.15, -0.1) is 10.2 Å². The molecule has 1 aromatic heterocycles. The van der Waals surface area contributed by atoms with Crippen molar-refractivity contribution in [2.75, 3.05) is 45.3 Å². The largest absolute Gasteiger partial charge is 0.493 e. The highest BCUT2D eigenvalue weighted by Crippen LogP contribution is 2.31. The predicted molar refractivity (Wildman–Crippen MR) is 125 cm³/mol. The van der Waals surface area contributed by atoms with Crippen LogP contribution in [0.5, 0.6) is 11.5 Å². The van der Waals surface area contributed by atoms with Crippen molar-refractivity contribution in [3.63, 3.8) is 0 Å². The summed E-state index contributed by atoms with van der Waals surface area (Å²) in [6.07, 6.45) is 0. The lowest BCUT2D eigenvalue weighted by Gasteiger charge is -2.34. The molecule has 0 N–H and O–H groups in total. The molecule has 2 aromatic carbocycles. The summed E-state index contributed by atoms with van der Waals surface area (Å²) in [4.78, 5) is 12.2. The average Bonchev–Trinajstić information content (AvgIpc) is 2.88. The Morgan fingerprint density at radius 2 is 1.56 bits per heavy atom. The van der Waals surface area contributed by atoms with Gasteiger partial charge in [-0.1, -0.05) is 0 Å². The van der Waals surface area contributed by atoms with E-state index >= 15 is 0 Å². The molecule has 1 fully saturated rings. The molecule has 3 aromatic rings. The average molecular weight is 486 g/mol. The molecule has 4 rings (SSSR count). The summed E-state index contributed by atoms with van der Waals surface area (Å²) in [5, 5.41) is 19.4. The van der Waals surface area contributed by atoms with Crippen LogP contribution in [0.15, 0.2) is 59.5 Å². The molecule has 0 bridgehead atoms. The van der Waals surface area contributed by atoms with Crippen molar-refractivity contribution in [2.45, 2.75) is 4.90 Å². The van der Waals surface area contributed by atoms with Crippen LogP contribution in [0.25, 0.3) is 11.3 Å². The zero-order valence-electron chi connectivity index (χ0n) is 18.6. The van der Waals surface area contributed by atoms with Crippen molar-refractivity contribution in [3.8, 4) is 22.8 Å². The van der Waals surface area contributed by atoms with E-state index in [2.05, 4.69) is 10.2 Å². The SMILES string of the molecule is COc1ccc(-c2ccc(N3CCN(S(=O)(=O)c4ccc([N+](=O)[O-])cc4)CC3)nn2)cc1OC. The second-order valence-electron chi connectivity index (χ2n) is 7.49. The van der Waals surface area contributed by atoms with Crippen LogP contribution < -0.4 is 14.4 Å². The van der Waals surface area contributed by atoms with Gasteiger partial charge in [-0.3, -0.25) is 10.1 Å². The molecule has 34 heavy (non-hydrogen) atoms. The first-order valence-electron chi connectivity index (χ1n) is 10.4. The quantitative estimate of drug-likeness (QED) is 0.366. The van der Waals surface area contributed by atoms with E-state index in [0.717, 1.165) is 5.56 Å². The van der Waals surface area contributed by atoms with Gasteiger partial charge < -0.3 is 14.4 Å². The molecule has 0 radical (unpaired) electrons. The number of sulfonamides is 1. The topological polar surface area (TPSA) is 128 Å². The lowest BCUT2D eigenvalue weighted by Crippen LogP contribution is -2.48. The summed E-state index contributed by atoms with van der Waals surface area (Å²) in [6.45, 7) is 1.41. The van der Waals surface area contributed by atoms with Crippen molar-refractivity contribution in [1.82, 2.24) is 14.5 Å². The number of methoxy groups -OCH3 is 2. The number of hydrogen-bond donors (Lipinski definition) is 0. The number of rotatable bonds is 7. The Labute approximate surface area is 196 Å². The Morgan fingerprint density at radius 1 is 0.882 bits per heavy atom. The summed E-state index contributed by atoms with van der Waals surface area (Å²) in [7, 11) is -0.600. The van der Waals surface area contributed by atoms with Crippen molar-refractivity contribution >= 4 is 21.5 Å². The van der Waals surface area contributed by atoms with Gasteiger partial charge in [0.25, 0.3) is 5.69 Å². The highest BCUT2D eigenvalue weighted by atomic mass is 32.2. The summed E-state index contributed by atoms with van der Waals surface area (Å²) in [5.74, 6) is 1.87. The Morgan fingerprint density at radius 3 is 2.12 bits per heavy atom. The number of aromatic nitrogens is 2. The third-order valence-corrected chi connectivity index (χ3v) is 7.49. The van der Waals surface area contributed by atoms with E-state index < -0.39 is 14.9 Å². The van der Waals surface area contributed by atoms with Crippen LogP contribution in [-0.2, 0) is 10.0 Å². The standard InChI is InChI=1S/C22H23N5O6S/c1-32-20-9-3-16(15-21(20)33-2)19-8-10-22(24-23-19)25-11-13-26(14-12-25)34(30,31)18-6-4-17(5-7-18)27(28)29/h3-10,15H,11-14H2,1-2H3. The van der Waals surface area contributed by atoms with Gasteiger partial charge >= 0.3 is 0 Å². The van der Waals surface area contributed by atoms with Crippen LogP contribution >= 0.6 is 0 Å². The maximum atomic E-state index is 12.9. The number of nitro benzene ring substituents is 1. The first kappa shape index (κ1) is 23.4. The number of hydrogen-bond acceptors (Lipinski definition) is 9. The minimum Gasteiger partial charge on any atom is -0.493 e. The summed E-state index contributed by atoms with van der Waals surface area (Å²) >= 11 is 0. The molecule has 11 nitrogen and oxygen atoms in total. The summed E-state index contributed by atoms with van der Waals surface area (Å²) < 4.78 is 37.8. The molecule has 1 saturated heterocycles. The number of piperazine rings is 1. The summed E-state index contributed by atoms with van der Waals surface area (Å²) in [6, 6.07) is 14.1. The van der Waals surface area contributed by atoms with Crippen LogP contribution in [0, 0.1) is 10.1 Å². The third-order valence-electron chi connectivity index (χ3n) is 5.58. The molecular formula is C22H23N5O6S. The molecule has 1 aliphatic heterocycles. The van der Waals surface area contributed by atoms with Gasteiger partial charge in [-0.25, -0.2) is 8.42 Å². The Hall–Kier alpha value is -3.77. The van der Waals surface area contributed by atoms with Crippen molar-refractivity contribution in [3.05, 3.63) is 64.7 Å². The van der Waals surface area contributed by atoms with Crippen LogP contribution in [0.4, 0.5) is 11.5 Å². The van der Waals surface area contributed by atoms with Crippen LogP contribution in [0.1, 0.15) is 0 Å². The number of non-ortho nitro benzene ring substituents is 1. The normalized spacial score (nSPS) is 14.6. The molecule has 0 aliphatic carbocycles. The first-order valence-corrected chi connectivity index (χ1v) is 11.8.